The first-order valence-corrected chi connectivity index (χ1v) is 7.17. The van der Waals surface area contributed by atoms with Crippen molar-refractivity contribution < 1.29 is 4.53 Å². The molecule has 61 valence electrons. The van der Waals surface area contributed by atoms with Gasteiger partial charge in [0.2, 0.25) is 8.32 Å². The Morgan fingerprint density at radius 2 is 2.00 bits per heavy atom. The number of hydrogen-bond acceptors (Lipinski definition) is 2. The maximum absolute atomic E-state index is 5.39. The zero-order valence-electron chi connectivity index (χ0n) is 7.24. The minimum Gasteiger partial charge on any atom is -0.346 e. The molecule has 0 heterocycles. The number of hydroxylamine groups is 1. The van der Waals surface area contributed by atoms with Crippen molar-refractivity contribution in [2.75, 3.05) is 6.54 Å². The second kappa shape index (κ2) is 4.88. The molecule has 0 bridgehead atoms. The van der Waals surface area contributed by atoms with Gasteiger partial charge in [-0.2, -0.15) is 0 Å². The van der Waals surface area contributed by atoms with Gasteiger partial charge in [-0.05, 0) is 26.1 Å². The molecule has 0 fully saturated rings. The summed E-state index contributed by atoms with van der Waals surface area (Å²) in [7, 11) is -1.34. The Morgan fingerprint density at radius 3 is 2.40 bits per heavy atom. The molecule has 0 amide bonds. The van der Waals surface area contributed by atoms with Crippen molar-refractivity contribution in [3.63, 3.8) is 0 Å². The van der Waals surface area contributed by atoms with Crippen molar-refractivity contribution in [1.29, 1.82) is 0 Å². The van der Waals surface area contributed by atoms with Crippen molar-refractivity contribution in [2.24, 2.45) is 0 Å². The second-order valence-corrected chi connectivity index (χ2v) is 7.74. The lowest BCUT2D eigenvalue weighted by atomic mass is 10.3. The number of hydrogen-bond donors (Lipinski definition) is 1. The van der Waals surface area contributed by atoms with Crippen LogP contribution in [0, 0.1) is 6.92 Å². The second-order valence-electron chi connectivity index (χ2n) is 3.32. The molecule has 0 aliphatic carbocycles. The van der Waals surface area contributed by atoms with E-state index in [1.54, 1.807) is 0 Å². The van der Waals surface area contributed by atoms with E-state index in [2.05, 4.69) is 32.0 Å². The molecule has 0 aliphatic rings. The summed E-state index contributed by atoms with van der Waals surface area (Å²) in [4.78, 5) is 0. The molecule has 2 nitrogen and oxygen atoms in total. The highest BCUT2D eigenvalue weighted by molar-refractivity contribution is 6.69. The highest BCUT2D eigenvalue weighted by Gasteiger charge is 2.13. The summed E-state index contributed by atoms with van der Waals surface area (Å²) in [5, 5.41) is 0. The fraction of sp³-hybridized carbons (Fsp3) is 0.857. The van der Waals surface area contributed by atoms with Gasteiger partial charge in [-0.1, -0.05) is 13.3 Å². The summed E-state index contributed by atoms with van der Waals surface area (Å²) < 4.78 is 5.39. The molecule has 3 heteroatoms. The first-order chi connectivity index (χ1) is 4.56. The van der Waals surface area contributed by atoms with Crippen molar-refractivity contribution in [2.45, 2.75) is 32.5 Å². The van der Waals surface area contributed by atoms with Crippen molar-refractivity contribution in [1.82, 2.24) is 5.48 Å². The lowest BCUT2D eigenvalue weighted by molar-refractivity contribution is 0.186. The van der Waals surface area contributed by atoms with Crippen LogP contribution < -0.4 is 5.48 Å². The number of rotatable bonds is 5. The summed E-state index contributed by atoms with van der Waals surface area (Å²) in [5.41, 5.74) is 2.95. The van der Waals surface area contributed by atoms with Crippen LogP contribution in [0.4, 0.5) is 0 Å². The van der Waals surface area contributed by atoms with Gasteiger partial charge < -0.3 is 4.53 Å². The molecule has 0 spiro atoms. The Labute approximate surface area is 65.1 Å². The largest absolute Gasteiger partial charge is 0.346 e. The standard InChI is InChI=1S/C7H18NOSi/c1-5-6-7-8-9-10(2,3)4/h8H,1,5-7H2,2-4H3. The normalized spacial score (nSPS) is 12.0. The SMILES string of the molecule is [CH2]CCCNO[Si](C)(C)C. The zero-order chi connectivity index (χ0) is 8.04. The molecule has 1 radical (unpaired) electrons. The Balaban J connectivity index is 3.04. The molecule has 0 aromatic heterocycles. The molecule has 0 aromatic carbocycles. The van der Waals surface area contributed by atoms with E-state index in [1.165, 1.54) is 0 Å². The monoisotopic (exact) mass is 160 g/mol. The van der Waals surface area contributed by atoms with Crippen molar-refractivity contribution >= 4 is 8.32 Å². The van der Waals surface area contributed by atoms with Crippen molar-refractivity contribution in [3.05, 3.63) is 6.92 Å². The van der Waals surface area contributed by atoms with Crippen LogP contribution in [0.1, 0.15) is 12.8 Å². The molecule has 0 aromatic rings. The van der Waals surface area contributed by atoms with Gasteiger partial charge in [-0.25, -0.2) is 5.48 Å². The van der Waals surface area contributed by atoms with Gasteiger partial charge in [-0.15, -0.1) is 0 Å². The fourth-order valence-corrected chi connectivity index (χ4v) is 1.000. The minimum absolute atomic E-state index is 0.924. The van der Waals surface area contributed by atoms with Crippen LogP contribution in [0.5, 0.6) is 0 Å². The van der Waals surface area contributed by atoms with Gasteiger partial charge in [0.25, 0.3) is 0 Å². The summed E-state index contributed by atoms with van der Waals surface area (Å²) in [6.45, 7) is 11.1. The van der Waals surface area contributed by atoms with E-state index in [-0.39, 0.29) is 0 Å². The summed E-state index contributed by atoms with van der Waals surface area (Å²) in [5.74, 6) is 0. The lowest BCUT2D eigenvalue weighted by Gasteiger charge is -2.16. The van der Waals surface area contributed by atoms with Crippen LogP contribution in [0.15, 0.2) is 0 Å². The highest BCUT2D eigenvalue weighted by atomic mass is 28.4. The van der Waals surface area contributed by atoms with E-state index in [1.807, 2.05) is 0 Å². The summed E-state index contributed by atoms with van der Waals surface area (Å²) in [6.07, 6.45) is 2.06. The van der Waals surface area contributed by atoms with Crippen LogP contribution in [0.2, 0.25) is 19.6 Å². The maximum atomic E-state index is 5.39. The Bertz CT molecular complexity index is 80.2. The van der Waals surface area contributed by atoms with Crippen LogP contribution >= 0.6 is 0 Å². The molecule has 1 N–H and O–H groups in total. The van der Waals surface area contributed by atoms with Gasteiger partial charge in [0.1, 0.15) is 0 Å². The predicted molar refractivity (Wildman–Crippen MR) is 47.0 cm³/mol. The third-order valence-corrected chi connectivity index (χ3v) is 1.66. The van der Waals surface area contributed by atoms with E-state index < -0.39 is 8.32 Å². The molecule has 0 saturated carbocycles. The third-order valence-electron chi connectivity index (χ3n) is 0.907. The van der Waals surface area contributed by atoms with Gasteiger partial charge in [-0.3, -0.25) is 0 Å². The number of unbranched alkanes of at least 4 members (excludes halogenated alkanes) is 1. The molecule has 10 heavy (non-hydrogen) atoms. The van der Waals surface area contributed by atoms with Gasteiger partial charge in [0.05, 0.1) is 0 Å². The quantitative estimate of drug-likeness (QED) is 0.377. The number of nitrogens with one attached hydrogen (secondary N) is 1. The minimum atomic E-state index is -1.34. The van der Waals surface area contributed by atoms with E-state index in [9.17, 15) is 0 Å². The predicted octanol–water partition coefficient (Wildman–Crippen LogP) is 1.96. The van der Waals surface area contributed by atoms with E-state index in [0.717, 1.165) is 19.4 Å². The average molecular weight is 160 g/mol. The molecular weight excluding hydrogens is 142 g/mol. The van der Waals surface area contributed by atoms with Crippen LogP contribution in [0.25, 0.3) is 0 Å². The first kappa shape index (κ1) is 10.1. The van der Waals surface area contributed by atoms with E-state index in [0.29, 0.717) is 0 Å². The summed E-state index contributed by atoms with van der Waals surface area (Å²) >= 11 is 0. The van der Waals surface area contributed by atoms with Crippen LogP contribution in [-0.4, -0.2) is 14.9 Å². The molecule has 0 unspecified atom stereocenters. The van der Waals surface area contributed by atoms with Crippen LogP contribution in [0.3, 0.4) is 0 Å². The van der Waals surface area contributed by atoms with E-state index >= 15 is 0 Å². The smallest absolute Gasteiger partial charge is 0.211 e. The first-order valence-electron chi connectivity index (χ1n) is 3.76. The topological polar surface area (TPSA) is 21.3 Å². The molecule has 0 saturated heterocycles. The molecule has 0 atom stereocenters. The molecular formula is C7H18NOSi. The van der Waals surface area contributed by atoms with Gasteiger partial charge in [0, 0.05) is 6.54 Å². The van der Waals surface area contributed by atoms with E-state index in [4.69, 9.17) is 4.53 Å². The lowest BCUT2D eigenvalue weighted by Crippen LogP contribution is -2.34. The van der Waals surface area contributed by atoms with Crippen molar-refractivity contribution in [3.8, 4) is 0 Å². The summed E-state index contributed by atoms with van der Waals surface area (Å²) in [6, 6.07) is 0. The zero-order valence-corrected chi connectivity index (χ0v) is 8.24. The van der Waals surface area contributed by atoms with Gasteiger partial charge >= 0.3 is 0 Å². The fourth-order valence-electron chi connectivity index (χ4n) is 0.465. The van der Waals surface area contributed by atoms with Crippen LogP contribution in [-0.2, 0) is 4.53 Å². The average Bonchev–Trinajstić information content (AvgIpc) is 1.78. The Hall–Kier alpha value is 0.137. The Kier molecular flexibility index (Phi) is 4.94. The highest BCUT2D eigenvalue weighted by Crippen LogP contribution is 1.98. The molecule has 0 aliphatic heterocycles. The molecule has 0 rings (SSSR count). The maximum Gasteiger partial charge on any atom is 0.211 e. The third kappa shape index (κ3) is 8.14. The Morgan fingerprint density at radius 1 is 1.40 bits per heavy atom. The van der Waals surface area contributed by atoms with Gasteiger partial charge in [0.15, 0.2) is 0 Å².